The number of benzene rings is 2. The van der Waals surface area contributed by atoms with E-state index in [0.29, 0.717) is 5.02 Å². The molecule has 0 unspecified atom stereocenters. The Morgan fingerprint density at radius 1 is 1.12 bits per heavy atom. The van der Waals surface area contributed by atoms with E-state index in [1.54, 1.807) is 0 Å². The molecule has 1 aliphatic rings. The van der Waals surface area contributed by atoms with Gasteiger partial charge in [0.25, 0.3) is 0 Å². The van der Waals surface area contributed by atoms with Crippen LogP contribution in [0.4, 0.5) is 0 Å². The summed E-state index contributed by atoms with van der Waals surface area (Å²) in [5.74, 6) is 0.801. The van der Waals surface area contributed by atoms with E-state index in [2.05, 4.69) is 0 Å². The molecular formula is C20H24ClNO3. The van der Waals surface area contributed by atoms with Crippen molar-refractivity contribution in [2.75, 3.05) is 13.2 Å². The fourth-order valence-corrected chi connectivity index (χ4v) is 3.12. The summed E-state index contributed by atoms with van der Waals surface area (Å²) in [5, 5.41) is 11.2. The Balaban J connectivity index is 1.66. The molecule has 2 aromatic carbocycles. The average Bonchev–Trinajstić information content (AvgIpc) is 2.64. The van der Waals surface area contributed by atoms with Gasteiger partial charge < -0.3 is 20.3 Å². The third kappa shape index (κ3) is 4.53. The number of nitrogens with two attached hydrogens (primary N) is 1. The Hall–Kier alpha value is -1.59. The number of halogens is 1. The first kappa shape index (κ1) is 18.2. The third-order valence-electron chi connectivity index (χ3n) is 4.61. The van der Waals surface area contributed by atoms with Crippen LogP contribution < -0.4 is 10.5 Å². The van der Waals surface area contributed by atoms with Crippen LogP contribution in [0.1, 0.15) is 41.7 Å². The smallest absolute Gasteiger partial charge is 0.119 e. The fraction of sp³-hybridized carbons (Fsp3) is 0.400. The van der Waals surface area contributed by atoms with Gasteiger partial charge in [-0.15, -0.1) is 0 Å². The van der Waals surface area contributed by atoms with Crippen LogP contribution in [0.15, 0.2) is 42.5 Å². The van der Waals surface area contributed by atoms with Crippen LogP contribution in [0.2, 0.25) is 5.02 Å². The van der Waals surface area contributed by atoms with E-state index in [1.807, 2.05) is 49.4 Å². The Bertz CT molecular complexity index is 699. The van der Waals surface area contributed by atoms with Crippen LogP contribution in [-0.4, -0.2) is 24.4 Å². The molecule has 0 aromatic heterocycles. The standard InChI is InChI=1S/C20H24ClNO3/c1-13-2-3-15(12-18(13)21)19(22)20(23)14-4-6-16(7-5-14)25-17-8-10-24-11-9-17/h2-7,12,17,19-20,23H,8-11,22H2,1H3/t19-,20+/m0/s1. The van der Waals surface area contributed by atoms with Gasteiger partial charge >= 0.3 is 0 Å². The maximum Gasteiger partial charge on any atom is 0.119 e. The molecule has 1 aliphatic heterocycles. The number of aliphatic hydroxyl groups is 1. The highest BCUT2D eigenvalue weighted by Crippen LogP contribution is 2.30. The topological polar surface area (TPSA) is 64.7 Å². The largest absolute Gasteiger partial charge is 0.490 e. The molecule has 0 amide bonds. The van der Waals surface area contributed by atoms with Crippen LogP contribution >= 0.6 is 11.6 Å². The molecule has 2 aromatic rings. The Morgan fingerprint density at radius 3 is 2.40 bits per heavy atom. The van der Waals surface area contributed by atoms with Gasteiger partial charge in [-0.2, -0.15) is 0 Å². The van der Waals surface area contributed by atoms with Crippen molar-refractivity contribution in [1.29, 1.82) is 0 Å². The summed E-state index contributed by atoms with van der Waals surface area (Å²) in [7, 11) is 0. The molecular weight excluding hydrogens is 338 g/mol. The number of hydrogen-bond donors (Lipinski definition) is 2. The molecule has 25 heavy (non-hydrogen) atoms. The van der Waals surface area contributed by atoms with Crippen molar-refractivity contribution in [2.45, 2.75) is 38.0 Å². The summed E-state index contributed by atoms with van der Waals surface area (Å²) >= 11 is 6.16. The van der Waals surface area contributed by atoms with Crippen LogP contribution in [-0.2, 0) is 4.74 Å². The van der Waals surface area contributed by atoms with Crippen molar-refractivity contribution in [3.63, 3.8) is 0 Å². The fourth-order valence-electron chi connectivity index (χ4n) is 2.94. The molecule has 3 N–H and O–H groups in total. The van der Waals surface area contributed by atoms with Gasteiger partial charge in [0, 0.05) is 17.9 Å². The SMILES string of the molecule is Cc1ccc([C@H](N)[C@H](O)c2ccc(OC3CCOCC3)cc2)cc1Cl. The summed E-state index contributed by atoms with van der Waals surface area (Å²) in [6.45, 7) is 3.43. The minimum Gasteiger partial charge on any atom is -0.490 e. The molecule has 0 bridgehead atoms. The Morgan fingerprint density at radius 2 is 1.76 bits per heavy atom. The first-order valence-corrected chi connectivity index (χ1v) is 8.96. The molecule has 0 spiro atoms. The summed E-state index contributed by atoms with van der Waals surface area (Å²) in [4.78, 5) is 0. The second kappa shape index (κ2) is 8.19. The highest BCUT2D eigenvalue weighted by molar-refractivity contribution is 6.31. The van der Waals surface area contributed by atoms with E-state index < -0.39 is 12.1 Å². The zero-order chi connectivity index (χ0) is 17.8. The van der Waals surface area contributed by atoms with Crippen molar-refractivity contribution >= 4 is 11.6 Å². The summed E-state index contributed by atoms with van der Waals surface area (Å²) in [6, 6.07) is 12.6. The molecule has 1 saturated heterocycles. The number of hydrogen-bond acceptors (Lipinski definition) is 4. The van der Waals surface area contributed by atoms with E-state index in [1.165, 1.54) is 0 Å². The second-order valence-corrected chi connectivity index (χ2v) is 6.89. The highest BCUT2D eigenvalue weighted by Gasteiger charge is 2.20. The first-order chi connectivity index (χ1) is 12.0. The molecule has 1 fully saturated rings. The molecule has 0 radical (unpaired) electrons. The lowest BCUT2D eigenvalue weighted by atomic mass is 9.96. The molecule has 4 nitrogen and oxygen atoms in total. The van der Waals surface area contributed by atoms with Gasteiger partial charge in [-0.25, -0.2) is 0 Å². The highest BCUT2D eigenvalue weighted by atomic mass is 35.5. The van der Waals surface area contributed by atoms with E-state index in [9.17, 15) is 5.11 Å². The molecule has 2 atom stereocenters. The van der Waals surface area contributed by atoms with E-state index >= 15 is 0 Å². The molecule has 134 valence electrons. The third-order valence-corrected chi connectivity index (χ3v) is 5.02. The molecule has 5 heteroatoms. The minimum absolute atomic E-state index is 0.196. The van der Waals surface area contributed by atoms with Crippen molar-refractivity contribution in [2.24, 2.45) is 5.73 Å². The lowest BCUT2D eigenvalue weighted by molar-refractivity contribution is 0.0255. The van der Waals surface area contributed by atoms with Crippen molar-refractivity contribution < 1.29 is 14.6 Å². The lowest BCUT2D eigenvalue weighted by Crippen LogP contribution is -2.25. The predicted octanol–water partition coefficient (Wildman–Crippen LogP) is 3.94. The van der Waals surface area contributed by atoms with Crippen molar-refractivity contribution in [3.8, 4) is 5.75 Å². The Kier molecular flexibility index (Phi) is 5.97. The number of aryl methyl sites for hydroxylation is 1. The number of rotatable bonds is 5. The first-order valence-electron chi connectivity index (χ1n) is 8.58. The van der Waals surface area contributed by atoms with Crippen molar-refractivity contribution in [1.82, 2.24) is 0 Å². The quantitative estimate of drug-likeness (QED) is 0.846. The Labute approximate surface area is 153 Å². The molecule has 0 aliphatic carbocycles. The van der Waals surface area contributed by atoms with E-state index in [0.717, 1.165) is 48.5 Å². The van der Waals surface area contributed by atoms with Gasteiger partial charge in [-0.3, -0.25) is 0 Å². The van der Waals surface area contributed by atoms with Gasteiger partial charge in [-0.1, -0.05) is 35.9 Å². The number of ether oxygens (including phenoxy) is 2. The number of aliphatic hydroxyl groups excluding tert-OH is 1. The summed E-state index contributed by atoms with van der Waals surface area (Å²) in [5.41, 5.74) is 8.77. The van der Waals surface area contributed by atoms with E-state index in [-0.39, 0.29) is 6.10 Å². The van der Waals surface area contributed by atoms with Crippen LogP contribution in [0, 0.1) is 6.92 Å². The van der Waals surface area contributed by atoms with Crippen LogP contribution in [0.5, 0.6) is 5.75 Å². The van der Waals surface area contributed by atoms with Gasteiger partial charge in [0.05, 0.1) is 25.4 Å². The zero-order valence-corrected chi connectivity index (χ0v) is 15.1. The summed E-state index contributed by atoms with van der Waals surface area (Å²) in [6.07, 6.45) is 1.20. The average molecular weight is 362 g/mol. The van der Waals surface area contributed by atoms with Crippen LogP contribution in [0.25, 0.3) is 0 Å². The maximum atomic E-state index is 10.6. The monoisotopic (exact) mass is 361 g/mol. The molecule has 0 saturated carbocycles. The van der Waals surface area contributed by atoms with Gasteiger partial charge in [0.1, 0.15) is 11.9 Å². The van der Waals surface area contributed by atoms with Gasteiger partial charge in [0.2, 0.25) is 0 Å². The minimum atomic E-state index is -0.809. The maximum absolute atomic E-state index is 10.6. The van der Waals surface area contributed by atoms with Crippen LogP contribution in [0.3, 0.4) is 0 Å². The normalized spacial score (nSPS) is 17.9. The summed E-state index contributed by atoms with van der Waals surface area (Å²) < 4.78 is 11.3. The van der Waals surface area contributed by atoms with E-state index in [4.69, 9.17) is 26.8 Å². The van der Waals surface area contributed by atoms with Gasteiger partial charge in [-0.05, 0) is 41.8 Å². The molecule has 3 rings (SSSR count). The molecule has 1 heterocycles. The second-order valence-electron chi connectivity index (χ2n) is 6.48. The lowest BCUT2D eigenvalue weighted by Gasteiger charge is -2.24. The van der Waals surface area contributed by atoms with Crippen molar-refractivity contribution in [3.05, 3.63) is 64.2 Å². The van der Waals surface area contributed by atoms with Gasteiger partial charge in [0.15, 0.2) is 0 Å². The zero-order valence-electron chi connectivity index (χ0n) is 14.3. The predicted molar refractivity (Wildman–Crippen MR) is 99.0 cm³/mol.